The van der Waals surface area contributed by atoms with Gasteiger partial charge in [-0.2, -0.15) is 0 Å². The van der Waals surface area contributed by atoms with Crippen LogP contribution in [0.3, 0.4) is 0 Å². The lowest BCUT2D eigenvalue weighted by molar-refractivity contribution is -0.140. The maximum Gasteiger partial charge on any atom is 0.265 e. The first kappa shape index (κ1) is 38.5. The van der Waals surface area contributed by atoms with Crippen molar-refractivity contribution in [1.29, 1.82) is 0 Å². The fourth-order valence-corrected chi connectivity index (χ4v) is 7.33. The topological polar surface area (TPSA) is 114 Å². The number of hydrogen-bond acceptors (Lipinski definition) is 7. The van der Waals surface area contributed by atoms with E-state index in [4.69, 9.17) is 25.8 Å². The number of methoxy groups -OCH3 is 3. The number of nitrogens with zero attached hydrogens (tertiary/aromatic N) is 2. The lowest BCUT2D eigenvalue weighted by Crippen LogP contribution is -2.53. The second-order valence-corrected chi connectivity index (χ2v) is 15.1. The van der Waals surface area contributed by atoms with E-state index < -0.39 is 28.5 Å². The van der Waals surface area contributed by atoms with Gasteiger partial charge in [0.25, 0.3) is 10.0 Å². The normalized spacial score (nSPS) is 11.8. The van der Waals surface area contributed by atoms with Crippen LogP contribution in [0, 0.1) is 5.92 Å². The van der Waals surface area contributed by atoms with E-state index in [-0.39, 0.29) is 51.9 Å². The minimum absolute atomic E-state index is 0.0157. The lowest BCUT2D eigenvalue weighted by Gasteiger charge is -2.34. The third-order valence-electron chi connectivity index (χ3n) is 7.83. The van der Waals surface area contributed by atoms with Gasteiger partial charge < -0.3 is 24.4 Å². The van der Waals surface area contributed by atoms with Gasteiger partial charge >= 0.3 is 0 Å². The van der Waals surface area contributed by atoms with Crippen molar-refractivity contribution in [2.45, 2.75) is 37.8 Å². The molecule has 266 valence electrons. The van der Waals surface area contributed by atoms with E-state index in [1.165, 1.54) is 56.6 Å². The Morgan fingerprint density at radius 2 is 1.48 bits per heavy atom. The van der Waals surface area contributed by atoms with Gasteiger partial charge in [-0.15, -0.1) is 0 Å². The zero-order valence-corrected chi connectivity index (χ0v) is 31.7. The van der Waals surface area contributed by atoms with Gasteiger partial charge in [0, 0.05) is 35.1 Å². The summed E-state index contributed by atoms with van der Waals surface area (Å²) in [6.07, 6.45) is 0.188. The molecule has 0 unspecified atom stereocenters. The monoisotopic (exact) mass is 785 g/mol. The Morgan fingerprint density at radius 3 is 2.12 bits per heavy atom. The smallest absolute Gasteiger partial charge is 0.265 e. The Balaban J connectivity index is 1.88. The van der Waals surface area contributed by atoms with Crippen molar-refractivity contribution in [2.24, 2.45) is 5.92 Å². The molecule has 0 heterocycles. The first-order valence-electron chi connectivity index (χ1n) is 15.8. The summed E-state index contributed by atoms with van der Waals surface area (Å²) >= 11 is 9.90. The van der Waals surface area contributed by atoms with E-state index in [1.807, 2.05) is 68.4 Å². The number of rotatable bonds is 16. The molecule has 13 heteroatoms. The van der Waals surface area contributed by atoms with Crippen molar-refractivity contribution >= 4 is 55.1 Å². The predicted octanol–water partition coefficient (Wildman–Crippen LogP) is 6.74. The van der Waals surface area contributed by atoms with E-state index in [0.717, 1.165) is 19.9 Å². The zero-order valence-electron chi connectivity index (χ0n) is 28.6. The highest BCUT2D eigenvalue weighted by Gasteiger charge is 2.36. The van der Waals surface area contributed by atoms with Crippen molar-refractivity contribution in [3.05, 3.63) is 112 Å². The molecule has 0 aliphatic heterocycles. The highest BCUT2D eigenvalue weighted by Crippen LogP contribution is 2.37. The Morgan fingerprint density at radius 1 is 0.820 bits per heavy atom. The number of halogens is 2. The molecule has 1 N–H and O–H groups in total. The summed E-state index contributed by atoms with van der Waals surface area (Å²) in [5.74, 6) is -0.162. The molecule has 0 radical (unpaired) electrons. The van der Waals surface area contributed by atoms with Crippen LogP contribution >= 0.6 is 27.5 Å². The van der Waals surface area contributed by atoms with Crippen molar-refractivity contribution in [3.8, 4) is 17.2 Å². The molecule has 1 atom stereocenters. The standard InChI is InChI=1S/C37H41BrClN3O7S/c1-25(2)22-40-37(44)32(19-26-10-7-6-8-11-26)41(23-27-12-9-13-28(38)18-27)36(43)24-42(31-20-29(39)14-16-33(31)47-3)50(45,46)30-15-17-34(48-4)35(21-30)49-5/h6-18,20-21,25,32H,19,22-24H2,1-5H3,(H,40,44)/t32-/m0/s1. The third-order valence-corrected chi connectivity index (χ3v) is 10.3. The molecular formula is C37H41BrClN3O7S. The van der Waals surface area contributed by atoms with Gasteiger partial charge in [-0.05, 0) is 59.5 Å². The maximum absolute atomic E-state index is 14.8. The van der Waals surface area contributed by atoms with Crippen LogP contribution in [0.25, 0.3) is 0 Å². The average molecular weight is 787 g/mol. The quantitative estimate of drug-likeness (QED) is 0.134. The number of benzene rings is 4. The lowest BCUT2D eigenvalue weighted by atomic mass is 10.0. The summed E-state index contributed by atoms with van der Waals surface area (Å²) in [6, 6.07) is 24.4. The van der Waals surface area contributed by atoms with Crippen LogP contribution in [-0.4, -0.2) is 65.6 Å². The summed E-state index contributed by atoms with van der Waals surface area (Å²) in [7, 11) is -0.262. The van der Waals surface area contributed by atoms with Crippen LogP contribution < -0.4 is 23.8 Å². The van der Waals surface area contributed by atoms with Crippen LogP contribution in [0.2, 0.25) is 5.02 Å². The highest BCUT2D eigenvalue weighted by atomic mass is 79.9. The van der Waals surface area contributed by atoms with Gasteiger partial charge in [0.05, 0.1) is 31.9 Å². The Hall–Kier alpha value is -4.26. The van der Waals surface area contributed by atoms with Gasteiger partial charge in [-0.1, -0.05) is 83.8 Å². The van der Waals surface area contributed by atoms with Gasteiger partial charge in [0.15, 0.2) is 11.5 Å². The maximum atomic E-state index is 14.8. The number of sulfonamides is 1. The van der Waals surface area contributed by atoms with E-state index in [2.05, 4.69) is 21.2 Å². The molecule has 0 aromatic heterocycles. The molecule has 0 spiro atoms. The molecule has 2 amide bonds. The molecule has 0 aliphatic rings. The van der Waals surface area contributed by atoms with Crippen molar-refractivity contribution in [2.75, 3.05) is 38.7 Å². The second-order valence-electron chi connectivity index (χ2n) is 11.8. The molecule has 4 aromatic rings. The SMILES string of the molecule is COc1ccc(S(=O)(=O)N(CC(=O)N(Cc2cccc(Br)c2)[C@@H](Cc2ccccc2)C(=O)NCC(C)C)c2cc(Cl)ccc2OC)cc1OC. The van der Waals surface area contributed by atoms with Crippen LogP contribution in [-0.2, 0) is 32.6 Å². The first-order valence-corrected chi connectivity index (χ1v) is 18.4. The fraction of sp³-hybridized carbons (Fsp3) is 0.297. The van der Waals surface area contributed by atoms with E-state index in [1.54, 1.807) is 6.07 Å². The highest BCUT2D eigenvalue weighted by molar-refractivity contribution is 9.10. The Kier molecular flexibility index (Phi) is 13.6. The largest absolute Gasteiger partial charge is 0.495 e. The van der Waals surface area contributed by atoms with Gasteiger partial charge in [-0.3, -0.25) is 13.9 Å². The number of hydrogen-bond donors (Lipinski definition) is 1. The minimum atomic E-state index is -4.49. The first-order chi connectivity index (χ1) is 23.9. The Labute approximate surface area is 307 Å². The average Bonchev–Trinajstić information content (AvgIpc) is 3.10. The minimum Gasteiger partial charge on any atom is -0.495 e. The number of carbonyl (C=O) groups excluding carboxylic acids is 2. The number of nitrogens with one attached hydrogen (secondary N) is 1. The summed E-state index contributed by atoms with van der Waals surface area (Å²) in [5, 5.41) is 3.21. The predicted molar refractivity (Wildman–Crippen MR) is 199 cm³/mol. The summed E-state index contributed by atoms with van der Waals surface area (Å²) in [5.41, 5.74) is 1.60. The molecule has 50 heavy (non-hydrogen) atoms. The Bertz CT molecular complexity index is 1890. The number of carbonyl (C=O) groups is 2. The molecule has 4 aromatic carbocycles. The molecule has 10 nitrogen and oxygen atoms in total. The molecule has 0 aliphatic carbocycles. The van der Waals surface area contributed by atoms with E-state index >= 15 is 0 Å². The molecular weight excluding hydrogens is 746 g/mol. The van der Waals surface area contributed by atoms with Crippen LogP contribution in [0.1, 0.15) is 25.0 Å². The van der Waals surface area contributed by atoms with Crippen LogP contribution in [0.5, 0.6) is 17.2 Å². The molecule has 0 fully saturated rings. The second kappa shape index (κ2) is 17.6. The van der Waals surface area contributed by atoms with Gasteiger partial charge in [-0.25, -0.2) is 8.42 Å². The van der Waals surface area contributed by atoms with Crippen LogP contribution in [0.15, 0.2) is 100 Å². The summed E-state index contributed by atoms with van der Waals surface area (Å²) < 4.78 is 47.2. The molecule has 4 rings (SSSR count). The van der Waals surface area contributed by atoms with E-state index in [0.29, 0.717) is 12.3 Å². The van der Waals surface area contributed by atoms with Crippen molar-refractivity contribution < 1.29 is 32.2 Å². The fourth-order valence-electron chi connectivity index (χ4n) is 5.28. The van der Waals surface area contributed by atoms with Gasteiger partial charge in [0.1, 0.15) is 18.3 Å². The van der Waals surface area contributed by atoms with E-state index in [9.17, 15) is 18.0 Å². The summed E-state index contributed by atoms with van der Waals surface area (Å²) in [6.45, 7) is 3.67. The van der Waals surface area contributed by atoms with Crippen molar-refractivity contribution in [3.63, 3.8) is 0 Å². The number of amides is 2. The zero-order chi connectivity index (χ0) is 36.4. The van der Waals surface area contributed by atoms with Gasteiger partial charge in [0.2, 0.25) is 11.8 Å². The van der Waals surface area contributed by atoms with Crippen molar-refractivity contribution in [1.82, 2.24) is 10.2 Å². The molecule has 0 saturated heterocycles. The number of anilines is 1. The van der Waals surface area contributed by atoms with Crippen LogP contribution in [0.4, 0.5) is 5.69 Å². The summed E-state index contributed by atoms with van der Waals surface area (Å²) in [4.78, 5) is 30.0. The molecule has 0 saturated carbocycles. The number of ether oxygens (including phenoxy) is 3. The molecule has 0 bridgehead atoms. The third kappa shape index (κ3) is 9.70.